The zero-order valence-electron chi connectivity index (χ0n) is 9.74. The van der Waals surface area contributed by atoms with Crippen LogP contribution in [0.4, 0.5) is 0 Å². The molecule has 1 aromatic carbocycles. The van der Waals surface area contributed by atoms with E-state index in [2.05, 4.69) is 0 Å². The zero-order valence-corrected chi connectivity index (χ0v) is 9.74. The van der Waals surface area contributed by atoms with E-state index in [1.165, 1.54) is 0 Å². The summed E-state index contributed by atoms with van der Waals surface area (Å²) < 4.78 is 15.9. The first-order chi connectivity index (χ1) is 7.72. The van der Waals surface area contributed by atoms with E-state index >= 15 is 0 Å². The van der Waals surface area contributed by atoms with E-state index in [1.807, 2.05) is 6.07 Å². The van der Waals surface area contributed by atoms with E-state index in [0.29, 0.717) is 17.2 Å². The predicted molar refractivity (Wildman–Crippen MR) is 59.4 cm³/mol. The number of aryl methyl sites for hydroxylation is 1. The lowest BCUT2D eigenvalue weighted by atomic mass is 10.1. The molecule has 4 nitrogen and oxygen atoms in total. The highest BCUT2D eigenvalue weighted by molar-refractivity contribution is 5.61. The van der Waals surface area contributed by atoms with E-state index in [1.54, 1.807) is 21.3 Å². The quantitative estimate of drug-likeness (QED) is 0.848. The van der Waals surface area contributed by atoms with Crippen LogP contribution in [0.3, 0.4) is 0 Å². The monoisotopic (exact) mass is 224 g/mol. The molecule has 88 valence electrons. The van der Waals surface area contributed by atoms with Gasteiger partial charge in [-0.3, -0.25) is 0 Å². The molecule has 0 radical (unpaired) electrons. The molecule has 0 spiro atoms. The van der Waals surface area contributed by atoms with Gasteiger partial charge in [-0.2, -0.15) is 0 Å². The minimum absolute atomic E-state index is 0.468. The molecule has 0 aromatic heterocycles. The molecule has 16 heavy (non-hydrogen) atoms. The number of hydrogen-bond donors (Lipinski definition) is 1. The van der Waals surface area contributed by atoms with Crippen LogP contribution in [0, 0.1) is 0 Å². The van der Waals surface area contributed by atoms with Crippen LogP contribution in [0.1, 0.15) is 23.7 Å². The summed E-state index contributed by atoms with van der Waals surface area (Å²) in [5.74, 6) is 1.78. The molecule has 2 rings (SSSR count). The number of methoxy groups -OCH3 is 3. The lowest BCUT2D eigenvalue weighted by Crippen LogP contribution is -2.01. The highest BCUT2D eigenvalue weighted by atomic mass is 16.5. The molecular formula is C12H16O4. The second-order valence-corrected chi connectivity index (χ2v) is 3.77. The van der Waals surface area contributed by atoms with Crippen LogP contribution < -0.4 is 14.2 Å². The summed E-state index contributed by atoms with van der Waals surface area (Å²) in [6.45, 7) is 0. The Hall–Kier alpha value is -1.42. The second-order valence-electron chi connectivity index (χ2n) is 3.77. The fourth-order valence-electron chi connectivity index (χ4n) is 2.24. The SMILES string of the molecule is COc1cc2c(c(OC)c1OC)C(O)CC2. The summed E-state index contributed by atoms with van der Waals surface area (Å²) in [7, 11) is 4.73. The maximum atomic E-state index is 9.90. The van der Waals surface area contributed by atoms with Crippen molar-refractivity contribution in [3.8, 4) is 17.2 Å². The summed E-state index contributed by atoms with van der Waals surface area (Å²) in [4.78, 5) is 0. The van der Waals surface area contributed by atoms with Gasteiger partial charge < -0.3 is 19.3 Å². The molecule has 1 aromatic rings. The van der Waals surface area contributed by atoms with Crippen molar-refractivity contribution in [2.24, 2.45) is 0 Å². The van der Waals surface area contributed by atoms with E-state index in [-0.39, 0.29) is 0 Å². The molecule has 4 heteroatoms. The zero-order chi connectivity index (χ0) is 11.7. The lowest BCUT2D eigenvalue weighted by molar-refractivity contribution is 0.175. The Morgan fingerprint density at radius 3 is 2.38 bits per heavy atom. The summed E-state index contributed by atoms with van der Waals surface area (Å²) in [6.07, 6.45) is 1.10. The third-order valence-electron chi connectivity index (χ3n) is 2.97. The van der Waals surface area contributed by atoms with Gasteiger partial charge in [-0.05, 0) is 24.5 Å². The Morgan fingerprint density at radius 2 is 1.81 bits per heavy atom. The van der Waals surface area contributed by atoms with E-state index in [9.17, 15) is 5.11 Å². The lowest BCUT2D eigenvalue weighted by Gasteiger charge is -2.17. The van der Waals surface area contributed by atoms with Gasteiger partial charge >= 0.3 is 0 Å². The molecule has 0 fully saturated rings. The van der Waals surface area contributed by atoms with E-state index < -0.39 is 6.10 Å². The summed E-state index contributed by atoms with van der Waals surface area (Å²) in [5, 5.41) is 9.90. The van der Waals surface area contributed by atoms with Crippen molar-refractivity contribution < 1.29 is 19.3 Å². The fourth-order valence-corrected chi connectivity index (χ4v) is 2.24. The molecule has 0 amide bonds. The molecule has 1 atom stereocenters. The Morgan fingerprint density at radius 1 is 1.12 bits per heavy atom. The topological polar surface area (TPSA) is 47.9 Å². The van der Waals surface area contributed by atoms with Crippen LogP contribution in [0.15, 0.2) is 6.07 Å². The largest absolute Gasteiger partial charge is 0.493 e. The van der Waals surface area contributed by atoms with Gasteiger partial charge in [0.2, 0.25) is 5.75 Å². The second kappa shape index (κ2) is 4.22. The Balaban J connectivity index is 2.65. The minimum Gasteiger partial charge on any atom is -0.493 e. The van der Waals surface area contributed by atoms with Gasteiger partial charge in [-0.1, -0.05) is 0 Å². The van der Waals surface area contributed by atoms with Crippen molar-refractivity contribution in [2.45, 2.75) is 18.9 Å². The first-order valence-corrected chi connectivity index (χ1v) is 5.22. The van der Waals surface area contributed by atoms with E-state index in [4.69, 9.17) is 14.2 Å². The predicted octanol–water partition coefficient (Wildman–Crippen LogP) is 1.69. The van der Waals surface area contributed by atoms with Gasteiger partial charge in [0, 0.05) is 5.56 Å². The van der Waals surface area contributed by atoms with Crippen LogP contribution in [-0.2, 0) is 6.42 Å². The number of ether oxygens (including phenoxy) is 3. The summed E-state index contributed by atoms with van der Waals surface area (Å²) in [6, 6.07) is 1.91. The molecule has 0 saturated heterocycles. The van der Waals surface area contributed by atoms with Crippen LogP contribution in [0.2, 0.25) is 0 Å². The highest BCUT2D eigenvalue weighted by Gasteiger charge is 2.29. The van der Waals surface area contributed by atoms with Crippen LogP contribution in [-0.4, -0.2) is 26.4 Å². The molecule has 1 unspecified atom stereocenters. The van der Waals surface area contributed by atoms with Crippen molar-refractivity contribution in [1.29, 1.82) is 0 Å². The van der Waals surface area contributed by atoms with Gasteiger partial charge in [0.1, 0.15) is 0 Å². The van der Waals surface area contributed by atoms with Crippen molar-refractivity contribution >= 4 is 0 Å². The third kappa shape index (κ3) is 1.50. The molecule has 1 N–H and O–H groups in total. The summed E-state index contributed by atoms with van der Waals surface area (Å²) >= 11 is 0. The number of benzene rings is 1. The van der Waals surface area contributed by atoms with Gasteiger partial charge in [0.25, 0.3) is 0 Å². The number of fused-ring (bicyclic) bond motifs is 1. The standard InChI is InChI=1S/C12H16O4/c1-14-9-6-7-4-5-8(13)10(7)12(16-3)11(9)15-2/h6,8,13H,4-5H2,1-3H3. The van der Waals surface area contributed by atoms with Crippen molar-refractivity contribution in [3.63, 3.8) is 0 Å². The van der Waals surface area contributed by atoms with Crippen LogP contribution >= 0.6 is 0 Å². The summed E-state index contributed by atoms with van der Waals surface area (Å²) in [5.41, 5.74) is 1.90. The maximum Gasteiger partial charge on any atom is 0.203 e. The molecular weight excluding hydrogens is 208 g/mol. The highest BCUT2D eigenvalue weighted by Crippen LogP contribution is 2.48. The van der Waals surface area contributed by atoms with Crippen LogP contribution in [0.25, 0.3) is 0 Å². The number of rotatable bonds is 3. The smallest absolute Gasteiger partial charge is 0.203 e. The molecule has 0 aliphatic heterocycles. The van der Waals surface area contributed by atoms with Gasteiger partial charge in [-0.25, -0.2) is 0 Å². The number of aliphatic hydroxyl groups excluding tert-OH is 1. The first-order valence-electron chi connectivity index (χ1n) is 5.22. The number of hydrogen-bond acceptors (Lipinski definition) is 4. The maximum absolute atomic E-state index is 9.90. The van der Waals surface area contributed by atoms with Gasteiger partial charge in [0.05, 0.1) is 27.4 Å². The van der Waals surface area contributed by atoms with Crippen molar-refractivity contribution in [2.75, 3.05) is 21.3 Å². The van der Waals surface area contributed by atoms with Gasteiger partial charge in [-0.15, -0.1) is 0 Å². The molecule has 0 heterocycles. The Labute approximate surface area is 94.8 Å². The van der Waals surface area contributed by atoms with E-state index in [0.717, 1.165) is 24.0 Å². The van der Waals surface area contributed by atoms with Gasteiger partial charge in [0.15, 0.2) is 11.5 Å². The van der Waals surface area contributed by atoms with Crippen LogP contribution in [0.5, 0.6) is 17.2 Å². The molecule has 0 saturated carbocycles. The third-order valence-corrected chi connectivity index (χ3v) is 2.97. The first kappa shape index (κ1) is 11.1. The Bertz CT molecular complexity index is 400. The van der Waals surface area contributed by atoms with Crippen molar-refractivity contribution in [1.82, 2.24) is 0 Å². The average Bonchev–Trinajstić information content (AvgIpc) is 2.68. The normalized spacial score (nSPS) is 18.1. The Kier molecular flexibility index (Phi) is 2.92. The van der Waals surface area contributed by atoms with Crippen molar-refractivity contribution in [3.05, 3.63) is 17.2 Å². The minimum atomic E-state index is -0.468. The average molecular weight is 224 g/mol. The number of aliphatic hydroxyl groups is 1. The molecule has 1 aliphatic carbocycles. The molecule has 0 bridgehead atoms. The molecule has 1 aliphatic rings. The fraction of sp³-hybridized carbons (Fsp3) is 0.500.